The normalized spacial score (nSPS) is 18.6. The molecule has 2 N–H and O–H groups in total. The lowest BCUT2D eigenvalue weighted by Gasteiger charge is -2.30. The van der Waals surface area contributed by atoms with Crippen molar-refractivity contribution in [3.8, 4) is 17.0 Å². The number of alkyl carbamates (subject to hydrolysis) is 1. The Morgan fingerprint density at radius 1 is 1.29 bits per heavy atom. The van der Waals surface area contributed by atoms with Gasteiger partial charge in [0, 0.05) is 34.3 Å². The molecule has 1 aromatic carbocycles. The molecule has 0 aliphatic carbocycles. The number of rotatable bonds is 5. The average Bonchev–Trinajstić information content (AvgIpc) is 3.48. The Bertz CT molecular complexity index is 970. The molecule has 0 saturated carbocycles. The Morgan fingerprint density at radius 2 is 2.03 bits per heavy atom. The molecule has 7 nitrogen and oxygen atoms in total. The number of fused-ring (bicyclic) bond motifs is 1. The average molecular weight is 490 g/mol. The van der Waals surface area contributed by atoms with Crippen LogP contribution in [0.15, 0.2) is 28.7 Å². The number of ether oxygens (including phenoxy) is 2. The molecule has 0 radical (unpaired) electrons. The molecule has 4 rings (SSSR count). The molecule has 2 aliphatic heterocycles. The van der Waals surface area contributed by atoms with Gasteiger partial charge in [-0.15, -0.1) is 0 Å². The van der Waals surface area contributed by atoms with Crippen LogP contribution in [0.3, 0.4) is 0 Å². The van der Waals surface area contributed by atoms with E-state index >= 15 is 0 Å². The summed E-state index contributed by atoms with van der Waals surface area (Å²) in [6, 6.07) is 7.43. The first-order valence-corrected chi connectivity index (χ1v) is 11.5. The van der Waals surface area contributed by atoms with Gasteiger partial charge in [0.25, 0.3) is 0 Å². The number of amides is 2. The zero-order valence-electron chi connectivity index (χ0n) is 18.0. The Morgan fingerprint density at radius 3 is 2.71 bits per heavy atom. The van der Waals surface area contributed by atoms with Crippen LogP contribution in [0.4, 0.5) is 4.79 Å². The summed E-state index contributed by atoms with van der Waals surface area (Å²) >= 11 is 3.49. The number of likely N-dealkylation sites (tertiary alicyclic amines) is 1. The van der Waals surface area contributed by atoms with Crippen molar-refractivity contribution in [3.05, 3.63) is 40.0 Å². The molecule has 1 aromatic heterocycles. The molecular weight excluding hydrogens is 462 g/mol. The Labute approximate surface area is 190 Å². The summed E-state index contributed by atoms with van der Waals surface area (Å²) in [7, 11) is 1.31. The second-order valence-electron chi connectivity index (χ2n) is 8.37. The molecule has 0 spiro atoms. The molecule has 2 unspecified atom stereocenters. The molecule has 31 heavy (non-hydrogen) atoms. The molecule has 0 bridgehead atoms. The standard InChI is InChI=1S/C23H28BrN3O4/c1-13(2)18(26-23(29)30-3)22(28)27-11-4-5-17(27)20-16-10-12-31-21(16)19(25-20)14-6-8-15(24)9-7-14/h6-9,13,17-18,25H,4-5,10-12H2,1-3H3,(H,26,29). The number of carbonyl (C=O) groups excluding carboxylic acids is 2. The third-order valence-electron chi connectivity index (χ3n) is 6.08. The largest absolute Gasteiger partial charge is 0.491 e. The summed E-state index contributed by atoms with van der Waals surface area (Å²) in [5.41, 5.74) is 4.22. The van der Waals surface area contributed by atoms with E-state index in [1.807, 2.05) is 43.0 Å². The van der Waals surface area contributed by atoms with E-state index in [1.165, 1.54) is 7.11 Å². The van der Waals surface area contributed by atoms with Gasteiger partial charge in [0.1, 0.15) is 11.8 Å². The van der Waals surface area contributed by atoms with Gasteiger partial charge in [-0.25, -0.2) is 4.79 Å². The van der Waals surface area contributed by atoms with Gasteiger partial charge < -0.3 is 24.7 Å². The minimum atomic E-state index is -0.627. The van der Waals surface area contributed by atoms with Crippen LogP contribution in [0.1, 0.15) is 44.0 Å². The number of nitrogens with one attached hydrogen (secondary N) is 2. The summed E-state index contributed by atoms with van der Waals surface area (Å²) in [6.45, 7) is 5.16. The SMILES string of the molecule is COC(=O)NC(C(=O)N1CCCC1c1[nH]c(-c2ccc(Br)cc2)c2c1CCO2)C(C)C. The van der Waals surface area contributed by atoms with Crippen molar-refractivity contribution in [1.29, 1.82) is 0 Å². The fraction of sp³-hybridized carbons (Fsp3) is 0.478. The van der Waals surface area contributed by atoms with Crippen molar-refractivity contribution in [2.75, 3.05) is 20.3 Å². The second-order valence-corrected chi connectivity index (χ2v) is 9.29. The van der Waals surface area contributed by atoms with Crippen LogP contribution in [0.2, 0.25) is 0 Å². The molecule has 3 heterocycles. The van der Waals surface area contributed by atoms with Gasteiger partial charge in [0.15, 0.2) is 0 Å². The maximum absolute atomic E-state index is 13.4. The molecule has 1 fully saturated rings. The maximum atomic E-state index is 13.4. The lowest BCUT2D eigenvalue weighted by Crippen LogP contribution is -2.51. The quantitative estimate of drug-likeness (QED) is 0.650. The van der Waals surface area contributed by atoms with Crippen molar-refractivity contribution in [3.63, 3.8) is 0 Å². The van der Waals surface area contributed by atoms with Crippen LogP contribution in [-0.2, 0) is 16.0 Å². The molecule has 2 amide bonds. The van der Waals surface area contributed by atoms with E-state index in [-0.39, 0.29) is 17.9 Å². The van der Waals surface area contributed by atoms with Crippen molar-refractivity contribution in [2.45, 2.75) is 45.2 Å². The summed E-state index contributed by atoms with van der Waals surface area (Å²) in [4.78, 5) is 30.7. The maximum Gasteiger partial charge on any atom is 0.407 e. The number of aromatic nitrogens is 1. The first-order valence-electron chi connectivity index (χ1n) is 10.7. The smallest absolute Gasteiger partial charge is 0.407 e. The Balaban J connectivity index is 1.66. The van der Waals surface area contributed by atoms with E-state index in [2.05, 4.69) is 26.2 Å². The molecular formula is C23H28BrN3O4. The van der Waals surface area contributed by atoms with Gasteiger partial charge in [-0.05, 0) is 30.9 Å². The van der Waals surface area contributed by atoms with E-state index in [0.717, 1.165) is 52.0 Å². The van der Waals surface area contributed by atoms with E-state index in [0.29, 0.717) is 13.2 Å². The minimum Gasteiger partial charge on any atom is -0.491 e. The van der Waals surface area contributed by atoms with Gasteiger partial charge in [-0.1, -0.05) is 41.9 Å². The number of aromatic amines is 1. The number of nitrogens with zero attached hydrogens (tertiary/aromatic N) is 1. The fourth-order valence-electron chi connectivity index (χ4n) is 4.52. The van der Waals surface area contributed by atoms with Crippen molar-refractivity contribution >= 4 is 27.9 Å². The van der Waals surface area contributed by atoms with Crippen LogP contribution >= 0.6 is 15.9 Å². The third-order valence-corrected chi connectivity index (χ3v) is 6.61. The van der Waals surface area contributed by atoms with Crippen LogP contribution in [0.5, 0.6) is 5.75 Å². The predicted molar refractivity (Wildman–Crippen MR) is 121 cm³/mol. The number of carbonyl (C=O) groups is 2. The second kappa shape index (κ2) is 8.94. The topological polar surface area (TPSA) is 83.7 Å². The highest BCUT2D eigenvalue weighted by atomic mass is 79.9. The van der Waals surface area contributed by atoms with E-state index in [9.17, 15) is 9.59 Å². The third kappa shape index (κ3) is 4.18. The van der Waals surface area contributed by atoms with Gasteiger partial charge >= 0.3 is 6.09 Å². The van der Waals surface area contributed by atoms with E-state index in [1.54, 1.807) is 0 Å². The summed E-state index contributed by atoms with van der Waals surface area (Å²) in [6.07, 6.45) is 2.03. The van der Waals surface area contributed by atoms with Gasteiger partial charge in [0.05, 0.1) is 25.5 Å². The number of halogens is 1. The number of benzene rings is 1. The lowest BCUT2D eigenvalue weighted by molar-refractivity contribution is -0.135. The molecule has 2 aromatic rings. The summed E-state index contributed by atoms with van der Waals surface area (Å²) < 4.78 is 11.7. The van der Waals surface area contributed by atoms with Crippen molar-refractivity contribution in [2.24, 2.45) is 5.92 Å². The number of H-pyrrole nitrogens is 1. The van der Waals surface area contributed by atoms with Crippen LogP contribution in [0, 0.1) is 5.92 Å². The van der Waals surface area contributed by atoms with Crippen LogP contribution < -0.4 is 10.1 Å². The van der Waals surface area contributed by atoms with Crippen molar-refractivity contribution < 1.29 is 19.1 Å². The first-order chi connectivity index (χ1) is 14.9. The highest BCUT2D eigenvalue weighted by Crippen LogP contribution is 2.45. The number of methoxy groups -OCH3 is 1. The summed E-state index contributed by atoms with van der Waals surface area (Å²) in [5.74, 6) is 0.768. The van der Waals surface area contributed by atoms with Crippen LogP contribution in [0.25, 0.3) is 11.3 Å². The molecule has 1 saturated heterocycles. The highest BCUT2D eigenvalue weighted by Gasteiger charge is 2.39. The van der Waals surface area contributed by atoms with Gasteiger partial charge in [0.2, 0.25) is 5.91 Å². The fourth-order valence-corrected chi connectivity index (χ4v) is 4.78. The first kappa shape index (κ1) is 21.7. The lowest BCUT2D eigenvalue weighted by atomic mass is 10.0. The zero-order chi connectivity index (χ0) is 22.1. The predicted octanol–water partition coefficient (Wildman–Crippen LogP) is 4.42. The molecule has 8 heteroatoms. The van der Waals surface area contributed by atoms with E-state index < -0.39 is 12.1 Å². The number of hydrogen-bond acceptors (Lipinski definition) is 4. The minimum absolute atomic E-state index is 0.0520. The van der Waals surface area contributed by atoms with Crippen molar-refractivity contribution in [1.82, 2.24) is 15.2 Å². The molecule has 2 atom stereocenters. The molecule has 166 valence electrons. The Hall–Kier alpha value is -2.48. The summed E-state index contributed by atoms with van der Waals surface area (Å²) in [5, 5.41) is 2.71. The van der Waals surface area contributed by atoms with Gasteiger partial charge in [-0.2, -0.15) is 0 Å². The zero-order valence-corrected chi connectivity index (χ0v) is 19.6. The van der Waals surface area contributed by atoms with Crippen LogP contribution in [-0.4, -0.2) is 48.2 Å². The number of hydrogen-bond donors (Lipinski definition) is 2. The Kier molecular flexibility index (Phi) is 6.27. The monoisotopic (exact) mass is 489 g/mol. The van der Waals surface area contributed by atoms with Gasteiger partial charge in [-0.3, -0.25) is 4.79 Å². The highest BCUT2D eigenvalue weighted by molar-refractivity contribution is 9.10. The molecule has 2 aliphatic rings. The van der Waals surface area contributed by atoms with E-state index in [4.69, 9.17) is 9.47 Å².